The first kappa shape index (κ1) is 17.4. The van der Waals surface area contributed by atoms with Crippen molar-refractivity contribution < 1.29 is 14.5 Å². The number of amides is 1. The van der Waals surface area contributed by atoms with Gasteiger partial charge < -0.3 is 9.64 Å². The maximum Gasteiger partial charge on any atom is 0.306 e. The van der Waals surface area contributed by atoms with Gasteiger partial charge in [0.05, 0.1) is 11.0 Å². The molecule has 0 aliphatic heterocycles. The summed E-state index contributed by atoms with van der Waals surface area (Å²) < 4.78 is 7.12. The fourth-order valence-corrected chi connectivity index (χ4v) is 3.14. The summed E-state index contributed by atoms with van der Waals surface area (Å²) in [5.41, 5.74) is -0.129. The molecule has 2 atom stereocenters. The van der Waals surface area contributed by atoms with E-state index in [0.29, 0.717) is 13.2 Å². The molecule has 1 amide bonds. The molecule has 1 saturated carbocycles. The molecule has 1 aliphatic rings. The molecule has 1 aliphatic carbocycles. The first-order chi connectivity index (χ1) is 10.8. The third-order valence-corrected chi connectivity index (χ3v) is 4.74. The van der Waals surface area contributed by atoms with Gasteiger partial charge in [-0.2, -0.15) is 5.10 Å². The van der Waals surface area contributed by atoms with Crippen molar-refractivity contribution >= 4 is 11.6 Å². The topological polar surface area (TPSA) is 90.5 Å². The van der Waals surface area contributed by atoms with E-state index in [9.17, 15) is 14.9 Å². The summed E-state index contributed by atoms with van der Waals surface area (Å²) in [4.78, 5) is 24.2. The molecular formula is C15H24N4O4. The van der Waals surface area contributed by atoms with Crippen LogP contribution in [0.15, 0.2) is 12.4 Å². The zero-order chi connectivity index (χ0) is 17.2. The average molecular weight is 324 g/mol. The number of hydrogen-bond donors (Lipinski definition) is 0. The molecule has 0 aromatic carbocycles. The Labute approximate surface area is 135 Å². The summed E-state index contributed by atoms with van der Waals surface area (Å²) in [6, 6.07) is 0.151. The van der Waals surface area contributed by atoms with Crippen molar-refractivity contribution in [2.45, 2.75) is 52.3 Å². The van der Waals surface area contributed by atoms with Gasteiger partial charge in [-0.25, -0.2) is 0 Å². The molecule has 0 saturated heterocycles. The third kappa shape index (κ3) is 3.52. The highest BCUT2D eigenvalue weighted by atomic mass is 16.6. The van der Waals surface area contributed by atoms with Crippen molar-refractivity contribution in [1.82, 2.24) is 14.7 Å². The molecule has 23 heavy (non-hydrogen) atoms. The van der Waals surface area contributed by atoms with Crippen molar-refractivity contribution in [2.24, 2.45) is 5.41 Å². The van der Waals surface area contributed by atoms with Crippen molar-refractivity contribution in [3.05, 3.63) is 22.5 Å². The maximum absolute atomic E-state index is 12.4. The summed E-state index contributed by atoms with van der Waals surface area (Å²) in [6.45, 7) is 7.21. The van der Waals surface area contributed by atoms with Crippen LogP contribution in [0.3, 0.4) is 0 Å². The lowest BCUT2D eigenvalue weighted by Crippen LogP contribution is -2.62. The van der Waals surface area contributed by atoms with Crippen LogP contribution in [0.25, 0.3) is 0 Å². The number of nitrogens with zero attached hydrogens (tertiary/aromatic N) is 4. The average Bonchev–Trinajstić information content (AvgIpc) is 2.97. The minimum Gasteiger partial charge on any atom is -0.378 e. The van der Waals surface area contributed by atoms with E-state index in [0.717, 1.165) is 6.42 Å². The molecule has 128 valence electrons. The van der Waals surface area contributed by atoms with Gasteiger partial charge in [0, 0.05) is 38.1 Å². The molecule has 2 rings (SSSR count). The van der Waals surface area contributed by atoms with E-state index >= 15 is 0 Å². The third-order valence-electron chi connectivity index (χ3n) is 4.74. The normalized spacial score (nSPS) is 22.4. The molecule has 0 N–H and O–H groups in total. The first-order valence-electron chi connectivity index (χ1n) is 7.81. The molecule has 0 bridgehead atoms. The number of carbonyl (C=O) groups is 1. The van der Waals surface area contributed by atoms with Crippen molar-refractivity contribution in [3.8, 4) is 0 Å². The Balaban J connectivity index is 1.87. The Morgan fingerprint density at radius 1 is 1.61 bits per heavy atom. The number of rotatable bonds is 7. The van der Waals surface area contributed by atoms with Gasteiger partial charge in [-0.3, -0.25) is 19.6 Å². The summed E-state index contributed by atoms with van der Waals surface area (Å²) in [7, 11) is 1.81. The van der Waals surface area contributed by atoms with Gasteiger partial charge >= 0.3 is 5.69 Å². The number of ether oxygens (including phenoxy) is 1. The highest BCUT2D eigenvalue weighted by molar-refractivity contribution is 5.76. The number of aryl methyl sites for hydroxylation is 1. The van der Waals surface area contributed by atoms with Crippen LogP contribution in [0.5, 0.6) is 0 Å². The molecular weight excluding hydrogens is 300 g/mol. The number of carbonyl (C=O) groups excluding carboxylic acids is 1. The van der Waals surface area contributed by atoms with Gasteiger partial charge in [-0.15, -0.1) is 0 Å². The Morgan fingerprint density at radius 3 is 2.83 bits per heavy atom. The highest BCUT2D eigenvalue weighted by Crippen LogP contribution is 2.45. The van der Waals surface area contributed by atoms with Crippen LogP contribution in [0.1, 0.15) is 33.6 Å². The Hall–Kier alpha value is -1.96. The van der Waals surface area contributed by atoms with E-state index in [4.69, 9.17) is 4.74 Å². The van der Waals surface area contributed by atoms with E-state index < -0.39 is 4.92 Å². The Morgan fingerprint density at radius 2 is 2.30 bits per heavy atom. The zero-order valence-electron chi connectivity index (χ0n) is 14.1. The molecule has 1 fully saturated rings. The second-order valence-electron chi connectivity index (χ2n) is 6.49. The molecule has 8 heteroatoms. The van der Waals surface area contributed by atoms with Gasteiger partial charge in [-0.05, 0) is 13.3 Å². The van der Waals surface area contributed by atoms with Crippen LogP contribution in [0, 0.1) is 15.5 Å². The molecule has 0 radical (unpaired) electrons. The lowest BCUT2D eigenvalue weighted by Gasteiger charge is -2.54. The summed E-state index contributed by atoms with van der Waals surface area (Å²) in [5, 5.41) is 14.5. The molecule has 1 heterocycles. The minimum atomic E-state index is -0.498. The number of aromatic nitrogens is 2. The van der Waals surface area contributed by atoms with Crippen LogP contribution in [-0.2, 0) is 16.1 Å². The Kier molecular flexibility index (Phi) is 5.03. The monoisotopic (exact) mass is 324 g/mol. The van der Waals surface area contributed by atoms with Crippen LogP contribution >= 0.6 is 0 Å². The van der Waals surface area contributed by atoms with E-state index in [1.54, 1.807) is 4.90 Å². The van der Waals surface area contributed by atoms with Crippen molar-refractivity contribution in [2.75, 3.05) is 13.7 Å². The van der Waals surface area contributed by atoms with E-state index in [2.05, 4.69) is 18.9 Å². The number of nitro groups is 1. The van der Waals surface area contributed by atoms with Crippen LogP contribution in [-0.4, -0.2) is 51.3 Å². The maximum atomic E-state index is 12.4. The fraction of sp³-hybridized carbons (Fsp3) is 0.733. The van der Waals surface area contributed by atoms with E-state index in [1.807, 2.05) is 14.0 Å². The van der Waals surface area contributed by atoms with Crippen LogP contribution in [0.4, 0.5) is 5.69 Å². The molecule has 1 aromatic rings. The molecule has 8 nitrogen and oxygen atoms in total. The SMILES string of the molecule is CCO[C@H]1C[C@H](N(C)C(=O)CCn2cc([N+](=O)[O-])cn2)C1(C)C. The standard InChI is InChI=1S/C15H24N4O4/c1-5-23-13-8-12(15(13,2)3)17(4)14(20)6-7-18-10-11(9-16-18)19(21)22/h9-10,12-13H,5-8H2,1-4H3/t12-,13-/m0/s1. The van der Waals surface area contributed by atoms with Gasteiger partial charge in [0.1, 0.15) is 12.4 Å². The smallest absolute Gasteiger partial charge is 0.306 e. The Bertz CT molecular complexity index is 584. The van der Waals surface area contributed by atoms with Gasteiger partial charge in [0.15, 0.2) is 0 Å². The first-order valence-corrected chi connectivity index (χ1v) is 7.81. The van der Waals surface area contributed by atoms with Crippen molar-refractivity contribution in [1.29, 1.82) is 0 Å². The largest absolute Gasteiger partial charge is 0.378 e. The zero-order valence-corrected chi connectivity index (χ0v) is 14.1. The molecule has 0 spiro atoms. The van der Waals surface area contributed by atoms with Crippen LogP contribution in [0.2, 0.25) is 0 Å². The van der Waals surface area contributed by atoms with Crippen LogP contribution < -0.4 is 0 Å². The van der Waals surface area contributed by atoms with Gasteiger partial charge in [-0.1, -0.05) is 13.8 Å². The van der Waals surface area contributed by atoms with E-state index in [1.165, 1.54) is 17.1 Å². The molecule has 1 aromatic heterocycles. The predicted molar refractivity (Wildman–Crippen MR) is 83.9 cm³/mol. The second-order valence-corrected chi connectivity index (χ2v) is 6.49. The quantitative estimate of drug-likeness (QED) is 0.564. The molecule has 0 unspecified atom stereocenters. The lowest BCUT2D eigenvalue weighted by atomic mass is 9.63. The predicted octanol–water partition coefficient (Wildman–Crippen LogP) is 1.84. The number of hydrogen-bond acceptors (Lipinski definition) is 5. The van der Waals surface area contributed by atoms with Gasteiger partial charge in [0.25, 0.3) is 0 Å². The summed E-state index contributed by atoms with van der Waals surface area (Å²) in [6.07, 6.45) is 3.82. The minimum absolute atomic E-state index is 0.0103. The fourth-order valence-electron chi connectivity index (χ4n) is 3.14. The van der Waals surface area contributed by atoms with Gasteiger partial charge in [0.2, 0.25) is 5.91 Å². The summed E-state index contributed by atoms with van der Waals surface area (Å²) >= 11 is 0. The summed E-state index contributed by atoms with van der Waals surface area (Å²) in [5.74, 6) is 0.0103. The second kappa shape index (κ2) is 6.66. The van der Waals surface area contributed by atoms with Crippen molar-refractivity contribution in [3.63, 3.8) is 0 Å². The lowest BCUT2D eigenvalue weighted by molar-refractivity contribution is -0.385. The highest BCUT2D eigenvalue weighted by Gasteiger charge is 2.51. The van der Waals surface area contributed by atoms with E-state index in [-0.39, 0.29) is 35.6 Å².